The molecule has 0 saturated carbocycles. The number of halogens is 2. The van der Waals surface area contributed by atoms with Crippen molar-refractivity contribution in [2.24, 2.45) is 5.92 Å². The fraction of sp³-hybridized carbons (Fsp3) is 0.778. The minimum atomic E-state index is -3.65. The molecule has 0 bridgehead atoms. The summed E-state index contributed by atoms with van der Waals surface area (Å²) in [6, 6.07) is 0. The van der Waals surface area contributed by atoms with Gasteiger partial charge in [-0.3, -0.25) is 4.79 Å². The lowest BCUT2D eigenvalue weighted by Crippen LogP contribution is -2.34. The van der Waals surface area contributed by atoms with Crippen molar-refractivity contribution in [1.29, 1.82) is 0 Å². The van der Waals surface area contributed by atoms with Crippen molar-refractivity contribution in [1.82, 2.24) is 0 Å². The molecule has 1 atom stereocenters. The van der Waals surface area contributed by atoms with E-state index in [0.717, 1.165) is 7.11 Å². The Kier molecular flexibility index (Phi) is 5.18. The van der Waals surface area contributed by atoms with Crippen molar-refractivity contribution in [3.63, 3.8) is 0 Å². The summed E-state index contributed by atoms with van der Waals surface area (Å²) in [5, 5.41) is 0. The third-order valence-corrected chi connectivity index (χ3v) is 1.74. The standard InChI is InChI=1S/C9H14F2O4/c1-4-15-7(12)6(2)5-9(10,11)8(13)14-3/h6H,4-5H2,1-3H3. The lowest BCUT2D eigenvalue weighted by molar-refractivity contribution is -0.173. The molecule has 88 valence electrons. The predicted molar refractivity (Wildman–Crippen MR) is 47.4 cm³/mol. The zero-order valence-corrected chi connectivity index (χ0v) is 8.88. The van der Waals surface area contributed by atoms with E-state index in [2.05, 4.69) is 9.47 Å². The molecule has 4 nitrogen and oxygen atoms in total. The molecular weight excluding hydrogens is 210 g/mol. The van der Waals surface area contributed by atoms with Crippen LogP contribution in [0.25, 0.3) is 0 Å². The van der Waals surface area contributed by atoms with Crippen molar-refractivity contribution < 1.29 is 27.8 Å². The van der Waals surface area contributed by atoms with Gasteiger partial charge in [-0.25, -0.2) is 4.79 Å². The van der Waals surface area contributed by atoms with Crippen molar-refractivity contribution >= 4 is 11.9 Å². The van der Waals surface area contributed by atoms with Gasteiger partial charge in [-0.2, -0.15) is 8.78 Å². The Hall–Kier alpha value is -1.20. The largest absolute Gasteiger partial charge is 0.466 e. The number of carbonyl (C=O) groups excluding carboxylic acids is 2. The van der Waals surface area contributed by atoms with E-state index in [-0.39, 0.29) is 6.61 Å². The summed E-state index contributed by atoms with van der Waals surface area (Å²) >= 11 is 0. The van der Waals surface area contributed by atoms with Gasteiger partial charge in [0.2, 0.25) is 0 Å². The van der Waals surface area contributed by atoms with Crippen LogP contribution >= 0.6 is 0 Å². The Balaban J connectivity index is 4.32. The zero-order valence-electron chi connectivity index (χ0n) is 8.88. The van der Waals surface area contributed by atoms with Gasteiger partial charge >= 0.3 is 17.9 Å². The van der Waals surface area contributed by atoms with Gasteiger partial charge in [0.15, 0.2) is 0 Å². The summed E-state index contributed by atoms with van der Waals surface area (Å²) in [5.74, 6) is -7.08. The van der Waals surface area contributed by atoms with Gasteiger partial charge in [-0.15, -0.1) is 0 Å². The molecule has 0 aliphatic rings. The van der Waals surface area contributed by atoms with E-state index in [4.69, 9.17) is 0 Å². The Labute approximate surface area is 86.5 Å². The Morgan fingerprint density at radius 3 is 2.33 bits per heavy atom. The van der Waals surface area contributed by atoms with Crippen LogP contribution in [0.15, 0.2) is 0 Å². The molecule has 0 aromatic heterocycles. The van der Waals surface area contributed by atoms with E-state index in [1.807, 2.05) is 0 Å². The number of hydrogen-bond donors (Lipinski definition) is 0. The molecule has 0 spiro atoms. The summed E-state index contributed by atoms with van der Waals surface area (Å²) in [5.41, 5.74) is 0. The summed E-state index contributed by atoms with van der Waals surface area (Å²) < 4.78 is 34.4. The van der Waals surface area contributed by atoms with E-state index < -0.39 is 30.2 Å². The third kappa shape index (κ3) is 4.22. The summed E-state index contributed by atoms with van der Waals surface area (Å²) in [4.78, 5) is 21.6. The summed E-state index contributed by atoms with van der Waals surface area (Å²) in [6.45, 7) is 2.96. The molecular formula is C9H14F2O4. The van der Waals surface area contributed by atoms with Crippen LogP contribution in [0.2, 0.25) is 0 Å². The number of esters is 2. The first-order valence-corrected chi connectivity index (χ1v) is 4.48. The highest BCUT2D eigenvalue weighted by atomic mass is 19.3. The molecule has 0 saturated heterocycles. The number of carbonyl (C=O) groups is 2. The van der Waals surface area contributed by atoms with E-state index >= 15 is 0 Å². The van der Waals surface area contributed by atoms with Crippen LogP contribution in [-0.2, 0) is 19.1 Å². The maximum atomic E-state index is 13.0. The molecule has 0 amide bonds. The summed E-state index contributed by atoms with van der Waals surface area (Å²) in [7, 11) is 0.866. The topological polar surface area (TPSA) is 52.6 Å². The minimum Gasteiger partial charge on any atom is -0.466 e. The number of alkyl halides is 2. The van der Waals surface area contributed by atoms with E-state index in [9.17, 15) is 18.4 Å². The molecule has 0 radical (unpaired) electrons. The second kappa shape index (κ2) is 5.63. The smallest absolute Gasteiger partial charge is 0.376 e. The van der Waals surface area contributed by atoms with E-state index in [1.165, 1.54) is 6.92 Å². The SMILES string of the molecule is CCOC(=O)C(C)CC(F)(F)C(=O)OC. The second-order valence-corrected chi connectivity index (χ2v) is 3.05. The van der Waals surface area contributed by atoms with Crippen LogP contribution in [-0.4, -0.2) is 31.6 Å². The molecule has 15 heavy (non-hydrogen) atoms. The van der Waals surface area contributed by atoms with Gasteiger partial charge < -0.3 is 9.47 Å². The Morgan fingerprint density at radius 1 is 1.40 bits per heavy atom. The highest BCUT2D eigenvalue weighted by Gasteiger charge is 2.43. The second-order valence-electron chi connectivity index (χ2n) is 3.05. The molecule has 0 fully saturated rings. The Bertz CT molecular complexity index is 240. The third-order valence-electron chi connectivity index (χ3n) is 1.74. The Morgan fingerprint density at radius 2 is 1.93 bits per heavy atom. The van der Waals surface area contributed by atoms with Crippen LogP contribution in [0.1, 0.15) is 20.3 Å². The molecule has 0 aliphatic heterocycles. The van der Waals surface area contributed by atoms with Gasteiger partial charge in [0.1, 0.15) is 0 Å². The maximum absolute atomic E-state index is 13.0. The quantitative estimate of drug-likeness (QED) is 0.662. The van der Waals surface area contributed by atoms with Crippen molar-refractivity contribution in [2.75, 3.05) is 13.7 Å². The van der Waals surface area contributed by atoms with Crippen molar-refractivity contribution in [3.05, 3.63) is 0 Å². The van der Waals surface area contributed by atoms with Crippen LogP contribution in [0, 0.1) is 5.92 Å². The first-order chi connectivity index (χ1) is 6.85. The van der Waals surface area contributed by atoms with Crippen molar-refractivity contribution in [2.45, 2.75) is 26.2 Å². The number of hydrogen-bond acceptors (Lipinski definition) is 4. The van der Waals surface area contributed by atoms with Gasteiger partial charge in [0.05, 0.1) is 19.6 Å². The first kappa shape index (κ1) is 13.8. The lowest BCUT2D eigenvalue weighted by atomic mass is 10.0. The lowest BCUT2D eigenvalue weighted by Gasteiger charge is -2.17. The predicted octanol–water partition coefficient (Wildman–Crippen LogP) is 1.38. The van der Waals surface area contributed by atoms with Gasteiger partial charge in [-0.05, 0) is 6.92 Å². The molecule has 0 aromatic carbocycles. The highest BCUT2D eigenvalue weighted by molar-refractivity contribution is 5.79. The number of rotatable bonds is 5. The molecule has 0 aromatic rings. The zero-order chi connectivity index (χ0) is 12.1. The average molecular weight is 224 g/mol. The van der Waals surface area contributed by atoms with E-state index in [1.54, 1.807) is 6.92 Å². The minimum absolute atomic E-state index is 0.118. The number of ether oxygens (including phenoxy) is 2. The van der Waals surface area contributed by atoms with Crippen LogP contribution in [0.4, 0.5) is 8.78 Å². The van der Waals surface area contributed by atoms with Gasteiger partial charge in [-0.1, -0.05) is 6.92 Å². The van der Waals surface area contributed by atoms with Gasteiger partial charge in [0.25, 0.3) is 0 Å². The average Bonchev–Trinajstić information content (AvgIpc) is 2.16. The molecule has 0 heterocycles. The molecule has 6 heteroatoms. The van der Waals surface area contributed by atoms with Crippen LogP contribution < -0.4 is 0 Å². The fourth-order valence-corrected chi connectivity index (χ4v) is 0.985. The van der Waals surface area contributed by atoms with Crippen LogP contribution in [0.5, 0.6) is 0 Å². The van der Waals surface area contributed by atoms with Crippen LogP contribution in [0.3, 0.4) is 0 Å². The fourth-order valence-electron chi connectivity index (χ4n) is 0.985. The normalized spacial score (nSPS) is 13.1. The van der Waals surface area contributed by atoms with Gasteiger partial charge in [0, 0.05) is 6.42 Å². The maximum Gasteiger partial charge on any atom is 0.376 e. The monoisotopic (exact) mass is 224 g/mol. The first-order valence-electron chi connectivity index (χ1n) is 4.48. The summed E-state index contributed by atoms with van der Waals surface area (Å²) in [6.07, 6.45) is -0.904. The highest BCUT2D eigenvalue weighted by Crippen LogP contribution is 2.25. The number of methoxy groups -OCH3 is 1. The molecule has 0 N–H and O–H groups in total. The molecule has 1 unspecified atom stereocenters. The van der Waals surface area contributed by atoms with Crippen molar-refractivity contribution in [3.8, 4) is 0 Å². The van der Waals surface area contributed by atoms with E-state index in [0.29, 0.717) is 0 Å². The molecule has 0 aliphatic carbocycles. The molecule has 0 rings (SSSR count).